The standard InChI is InChI=1S/C14H16ClNO2S/c1-3-12-13(16-14(15)19-12)10-5-4-6-11(9-10)18-8-7-17-2/h4-6,9H,3,7-8H2,1-2H3. The van der Waals surface area contributed by atoms with Gasteiger partial charge in [0.1, 0.15) is 12.4 Å². The van der Waals surface area contributed by atoms with Gasteiger partial charge in [0.05, 0.1) is 12.3 Å². The van der Waals surface area contributed by atoms with Crippen LogP contribution in [0.1, 0.15) is 11.8 Å². The van der Waals surface area contributed by atoms with Gasteiger partial charge >= 0.3 is 0 Å². The molecule has 0 radical (unpaired) electrons. The Bertz CT molecular complexity index is 542. The first-order valence-electron chi connectivity index (χ1n) is 6.12. The topological polar surface area (TPSA) is 31.4 Å². The van der Waals surface area contributed by atoms with E-state index in [4.69, 9.17) is 21.1 Å². The summed E-state index contributed by atoms with van der Waals surface area (Å²) in [6.45, 7) is 3.22. The van der Waals surface area contributed by atoms with E-state index in [1.807, 2.05) is 24.3 Å². The number of benzene rings is 1. The number of hydrogen-bond acceptors (Lipinski definition) is 4. The molecule has 0 bridgehead atoms. The fourth-order valence-electron chi connectivity index (χ4n) is 1.76. The predicted molar refractivity (Wildman–Crippen MR) is 79.3 cm³/mol. The number of halogens is 1. The zero-order valence-corrected chi connectivity index (χ0v) is 12.6. The minimum absolute atomic E-state index is 0.540. The minimum atomic E-state index is 0.540. The third-order valence-corrected chi connectivity index (χ3v) is 3.96. The molecule has 0 amide bonds. The number of methoxy groups -OCH3 is 1. The number of aromatic nitrogens is 1. The Morgan fingerprint density at radius 3 is 2.89 bits per heavy atom. The summed E-state index contributed by atoms with van der Waals surface area (Å²) in [5, 5.41) is 0. The smallest absolute Gasteiger partial charge is 0.184 e. The van der Waals surface area contributed by atoms with Crippen LogP contribution in [-0.4, -0.2) is 25.3 Å². The summed E-state index contributed by atoms with van der Waals surface area (Å²) >= 11 is 7.53. The molecule has 0 atom stereocenters. The molecule has 0 fully saturated rings. The van der Waals surface area contributed by atoms with Gasteiger partial charge in [-0.2, -0.15) is 0 Å². The molecule has 0 aliphatic heterocycles. The van der Waals surface area contributed by atoms with Crippen LogP contribution < -0.4 is 4.74 Å². The Morgan fingerprint density at radius 2 is 2.16 bits per heavy atom. The highest BCUT2D eigenvalue weighted by Gasteiger charge is 2.11. The van der Waals surface area contributed by atoms with Crippen molar-refractivity contribution in [3.05, 3.63) is 33.6 Å². The summed E-state index contributed by atoms with van der Waals surface area (Å²) in [6, 6.07) is 7.90. The summed E-state index contributed by atoms with van der Waals surface area (Å²) in [7, 11) is 1.66. The van der Waals surface area contributed by atoms with Crippen molar-refractivity contribution in [1.82, 2.24) is 4.98 Å². The highest BCUT2D eigenvalue weighted by atomic mass is 35.5. The summed E-state index contributed by atoms with van der Waals surface area (Å²) in [6.07, 6.45) is 0.925. The molecule has 0 N–H and O–H groups in total. The van der Waals surface area contributed by atoms with E-state index in [2.05, 4.69) is 11.9 Å². The van der Waals surface area contributed by atoms with Crippen molar-refractivity contribution in [2.24, 2.45) is 0 Å². The van der Waals surface area contributed by atoms with Gasteiger partial charge in [0.25, 0.3) is 0 Å². The Hall–Kier alpha value is -1.10. The van der Waals surface area contributed by atoms with Crippen LogP contribution in [0.15, 0.2) is 24.3 Å². The molecule has 3 nitrogen and oxygen atoms in total. The van der Waals surface area contributed by atoms with Crippen molar-refractivity contribution in [2.45, 2.75) is 13.3 Å². The molecule has 0 spiro atoms. The average Bonchev–Trinajstić information content (AvgIpc) is 2.81. The van der Waals surface area contributed by atoms with Crippen molar-refractivity contribution in [3.8, 4) is 17.0 Å². The molecule has 0 unspecified atom stereocenters. The van der Waals surface area contributed by atoms with E-state index < -0.39 is 0 Å². The Kier molecular flexibility index (Phi) is 5.19. The van der Waals surface area contributed by atoms with Crippen molar-refractivity contribution in [3.63, 3.8) is 0 Å². The predicted octanol–water partition coefficient (Wildman–Crippen LogP) is 4.05. The Balaban J connectivity index is 2.22. The zero-order valence-electron chi connectivity index (χ0n) is 11.0. The molecule has 0 aliphatic carbocycles. The third kappa shape index (κ3) is 3.69. The lowest BCUT2D eigenvalue weighted by Crippen LogP contribution is -2.04. The second-order valence-electron chi connectivity index (χ2n) is 3.96. The maximum Gasteiger partial charge on any atom is 0.184 e. The zero-order chi connectivity index (χ0) is 13.7. The third-order valence-electron chi connectivity index (χ3n) is 2.66. The van der Waals surface area contributed by atoms with Crippen LogP contribution in [0.5, 0.6) is 5.75 Å². The van der Waals surface area contributed by atoms with E-state index in [1.165, 1.54) is 16.2 Å². The molecule has 0 saturated heterocycles. The lowest BCUT2D eigenvalue weighted by Gasteiger charge is -2.07. The molecule has 0 aliphatic rings. The van der Waals surface area contributed by atoms with Crippen LogP contribution >= 0.6 is 22.9 Å². The first-order valence-corrected chi connectivity index (χ1v) is 7.31. The first kappa shape index (κ1) is 14.3. The fraction of sp³-hybridized carbons (Fsp3) is 0.357. The molecule has 2 aromatic rings. The second kappa shape index (κ2) is 6.89. The first-order chi connectivity index (χ1) is 9.24. The van der Waals surface area contributed by atoms with Crippen molar-refractivity contribution in [1.29, 1.82) is 0 Å². The van der Waals surface area contributed by atoms with E-state index >= 15 is 0 Å². The molecule has 1 aromatic heterocycles. The number of thiazole rings is 1. The number of rotatable bonds is 6. The molecule has 2 rings (SSSR count). The van der Waals surface area contributed by atoms with E-state index in [1.54, 1.807) is 7.11 Å². The van der Waals surface area contributed by atoms with Gasteiger partial charge in [-0.25, -0.2) is 4.98 Å². The molecule has 5 heteroatoms. The van der Waals surface area contributed by atoms with E-state index in [0.29, 0.717) is 17.7 Å². The molecule has 102 valence electrons. The van der Waals surface area contributed by atoms with Gasteiger partial charge in [-0.05, 0) is 18.6 Å². The Labute approximate surface area is 122 Å². The van der Waals surface area contributed by atoms with E-state index in [0.717, 1.165) is 23.4 Å². The van der Waals surface area contributed by atoms with E-state index in [-0.39, 0.29) is 0 Å². The van der Waals surface area contributed by atoms with Crippen molar-refractivity contribution < 1.29 is 9.47 Å². The summed E-state index contributed by atoms with van der Waals surface area (Å²) < 4.78 is 11.2. The highest BCUT2D eigenvalue weighted by Crippen LogP contribution is 2.32. The molecule has 1 heterocycles. The van der Waals surface area contributed by atoms with Crippen molar-refractivity contribution >= 4 is 22.9 Å². The van der Waals surface area contributed by atoms with Gasteiger partial charge in [-0.15, -0.1) is 11.3 Å². The van der Waals surface area contributed by atoms with Gasteiger partial charge in [-0.3, -0.25) is 0 Å². The lowest BCUT2D eigenvalue weighted by atomic mass is 10.1. The van der Waals surface area contributed by atoms with Gasteiger partial charge in [0.2, 0.25) is 0 Å². The summed E-state index contributed by atoms with van der Waals surface area (Å²) in [4.78, 5) is 5.59. The second-order valence-corrected chi connectivity index (χ2v) is 5.63. The quantitative estimate of drug-likeness (QED) is 0.754. The molecular formula is C14H16ClNO2S. The molecular weight excluding hydrogens is 282 g/mol. The average molecular weight is 298 g/mol. The molecule has 19 heavy (non-hydrogen) atoms. The van der Waals surface area contributed by atoms with Crippen LogP contribution in [0.25, 0.3) is 11.3 Å². The Morgan fingerprint density at radius 1 is 1.32 bits per heavy atom. The largest absolute Gasteiger partial charge is 0.491 e. The fourth-order valence-corrected chi connectivity index (χ4v) is 2.87. The van der Waals surface area contributed by atoms with Crippen LogP contribution in [0.3, 0.4) is 0 Å². The maximum atomic E-state index is 6.00. The van der Waals surface area contributed by atoms with Crippen LogP contribution in [-0.2, 0) is 11.2 Å². The number of nitrogens with zero attached hydrogens (tertiary/aromatic N) is 1. The van der Waals surface area contributed by atoms with Crippen LogP contribution in [0.4, 0.5) is 0 Å². The number of aryl methyl sites for hydroxylation is 1. The molecule has 0 saturated carbocycles. The van der Waals surface area contributed by atoms with Gasteiger partial charge < -0.3 is 9.47 Å². The molecule has 1 aromatic carbocycles. The van der Waals surface area contributed by atoms with Crippen LogP contribution in [0, 0.1) is 0 Å². The normalized spacial score (nSPS) is 10.7. The maximum absolute atomic E-state index is 6.00. The number of ether oxygens (including phenoxy) is 2. The summed E-state index contributed by atoms with van der Waals surface area (Å²) in [5.74, 6) is 0.820. The van der Waals surface area contributed by atoms with Crippen LogP contribution in [0.2, 0.25) is 4.47 Å². The summed E-state index contributed by atoms with van der Waals surface area (Å²) in [5.41, 5.74) is 1.99. The van der Waals surface area contributed by atoms with Crippen molar-refractivity contribution in [2.75, 3.05) is 20.3 Å². The van der Waals surface area contributed by atoms with Gasteiger partial charge in [0, 0.05) is 17.6 Å². The number of hydrogen-bond donors (Lipinski definition) is 0. The monoisotopic (exact) mass is 297 g/mol. The van der Waals surface area contributed by atoms with Gasteiger partial charge in [0.15, 0.2) is 4.47 Å². The van der Waals surface area contributed by atoms with E-state index in [9.17, 15) is 0 Å². The highest BCUT2D eigenvalue weighted by molar-refractivity contribution is 7.16. The minimum Gasteiger partial charge on any atom is -0.491 e. The lowest BCUT2D eigenvalue weighted by molar-refractivity contribution is 0.146. The SMILES string of the molecule is CCc1sc(Cl)nc1-c1cccc(OCCOC)c1. The van der Waals surface area contributed by atoms with Gasteiger partial charge in [-0.1, -0.05) is 30.7 Å².